The summed E-state index contributed by atoms with van der Waals surface area (Å²) >= 11 is 0. The molecule has 0 bridgehead atoms. The Kier molecular flexibility index (Phi) is 2.27. The zero-order valence-electron chi connectivity index (χ0n) is 7.26. The monoisotopic (exact) mass is 184 g/mol. The highest BCUT2D eigenvalue weighted by Gasteiger charge is 2.23. The molecule has 1 nitrogen and oxygen atoms in total. The van der Waals surface area contributed by atoms with Crippen LogP contribution in [0.4, 0.5) is 8.78 Å². The molecule has 0 saturated carbocycles. The molecule has 0 unspecified atom stereocenters. The molecule has 1 saturated heterocycles. The molecule has 70 valence electrons. The van der Waals surface area contributed by atoms with Crippen LogP contribution in [0.15, 0.2) is 18.2 Å². The van der Waals surface area contributed by atoms with Crippen molar-refractivity contribution in [2.75, 3.05) is 6.54 Å². The van der Waals surface area contributed by atoms with Gasteiger partial charge in [-0.15, -0.1) is 0 Å². The predicted molar refractivity (Wildman–Crippen MR) is 45.1 cm³/mol. The molecule has 1 heterocycles. The van der Waals surface area contributed by atoms with E-state index < -0.39 is 11.6 Å². The van der Waals surface area contributed by atoms with E-state index in [4.69, 9.17) is 0 Å². The highest BCUT2D eigenvalue weighted by molar-refractivity contribution is 5.20. The smallest absolute Gasteiger partial charge is 0.135 e. The van der Waals surface area contributed by atoms with Crippen molar-refractivity contribution in [3.05, 3.63) is 35.4 Å². The van der Waals surface area contributed by atoms with Crippen LogP contribution in [0, 0.1) is 11.6 Å². The van der Waals surface area contributed by atoms with Gasteiger partial charge >= 0.3 is 0 Å². The van der Waals surface area contributed by atoms with E-state index >= 15 is 0 Å². The summed E-state index contributed by atoms with van der Waals surface area (Å²) in [4.78, 5) is 0. The van der Waals surface area contributed by atoms with E-state index in [1.807, 2.05) is 0 Å². The molecule has 1 aromatic carbocycles. The number of hydrogen-bond acceptors (Lipinski definition) is 0. The Morgan fingerprint density at radius 2 is 2.15 bits per heavy atom. The Hall–Kier alpha value is -0.960. The minimum absolute atomic E-state index is 0.195. The largest absolute Gasteiger partial charge is 0.340 e. The van der Waals surface area contributed by atoms with E-state index in [-0.39, 0.29) is 6.04 Å². The maximum Gasteiger partial charge on any atom is 0.135 e. The molecule has 0 amide bonds. The molecular weight excluding hydrogens is 172 g/mol. The van der Waals surface area contributed by atoms with Crippen LogP contribution in [-0.2, 0) is 0 Å². The Balaban J connectivity index is 2.29. The van der Waals surface area contributed by atoms with Crippen molar-refractivity contribution in [3.63, 3.8) is 0 Å². The number of halogens is 2. The van der Waals surface area contributed by atoms with Crippen molar-refractivity contribution >= 4 is 0 Å². The fraction of sp³-hybridized carbons (Fsp3) is 0.400. The van der Waals surface area contributed by atoms with Crippen molar-refractivity contribution < 1.29 is 14.1 Å². The second-order valence-electron chi connectivity index (χ2n) is 3.44. The van der Waals surface area contributed by atoms with E-state index in [0.29, 0.717) is 5.56 Å². The normalized spacial score (nSPS) is 22.2. The minimum atomic E-state index is -0.501. The molecule has 1 aromatic rings. The van der Waals surface area contributed by atoms with Crippen molar-refractivity contribution in [2.45, 2.75) is 18.9 Å². The third kappa shape index (κ3) is 1.70. The second kappa shape index (κ2) is 3.42. The average Bonchev–Trinajstić information content (AvgIpc) is 2.56. The molecule has 2 rings (SSSR count). The van der Waals surface area contributed by atoms with Crippen molar-refractivity contribution in [2.24, 2.45) is 0 Å². The standard InChI is InChI=1S/C10H11F2N/c11-7-3-4-8(9(12)6-7)10-2-1-5-13-10/h3-4,6,10,13H,1-2,5H2/p+1/t10-/m0/s1. The van der Waals surface area contributed by atoms with Gasteiger partial charge < -0.3 is 5.32 Å². The Bertz CT molecular complexity index is 306. The van der Waals surface area contributed by atoms with Crippen LogP contribution in [0.2, 0.25) is 0 Å². The van der Waals surface area contributed by atoms with Gasteiger partial charge in [0.05, 0.1) is 6.54 Å². The fourth-order valence-corrected chi connectivity index (χ4v) is 1.86. The predicted octanol–water partition coefficient (Wildman–Crippen LogP) is 1.36. The molecule has 13 heavy (non-hydrogen) atoms. The van der Waals surface area contributed by atoms with Crippen LogP contribution in [0.25, 0.3) is 0 Å². The molecule has 1 aliphatic heterocycles. The van der Waals surface area contributed by atoms with Crippen LogP contribution in [0.3, 0.4) is 0 Å². The van der Waals surface area contributed by atoms with E-state index in [1.54, 1.807) is 6.07 Å². The molecule has 0 aliphatic carbocycles. The van der Waals surface area contributed by atoms with Gasteiger partial charge in [0.1, 0.15) is 17.7 Å². The number of hydrogen-bond donors (Lipinski definition) is 1. The fourth-order valence-electron chi connectivity index (χ4n) is 1.86. The number of rotatable bonds is 1. The third-order valence-corrected chi connectivity index (χ3v) is 2.53. The maximum absolute atomic E-state index is 13.2. The quantitative estimate of drug-likeness (QED) is 0.678. The summed E-state index contributed by atoms with van der Waals surface area (Å²) in [7, 11) is 0. The van der Waals surface area contributed by atoms with Crippen LogP contribution < -0.4 is 5.32 Å². The van der Waals surface area contributed by atoms with Gasteiger partial charge in [0.2, 0.25) is 0 Å². The van der Waals surface area contributed by atoms with Crippen molar-refractivity contribution in [3.8, 4) is 0 Å². The molecular formula is C10H12F2N+. The van der Waals surface area contributed by atoms with Gasteiger partial charge in [-0.2, -0.15) is 0 Å². The average molecular weight is 184 g/mol. The molecule has 0 radical (unpaired) electrons. The van der Waals surface area contributed by atoms with Gasteiger partial charge in [-0.1, -0.05) is 0 Å². The molecule has 1 aliphatic rings. The lowest BCUT2D eigenvalue weighted by molar-refractivity contribution is -0.676. The van der Waals surface area contributed by atoms with Gasteiger partial charge in [-0.3, -0.25) is 0 Å². The van der Waals surface area contributed by atoms with E-state index in [1.165, 1.54) is 6.07 Å². The zero-order chi connectivity index (χ0) is 9.26. The van der Waals surface area contributed by atoms with Crippen LogP contribution >= 0.6 is 0 Å². The van der Waals surface area contributed by atoms with Crippen molar-refractivity contribution in [1.82, 2.24) is 0 Å². The molecule has 1 fully saturated rings. The first-order valence-corrected chi connectivity index (χ1v) is 4.55. The number of quaternary nitrogens is 1. The second-order valence-corrected chi connectivity index (χ2v) is 3.44. The van der Waals surface area contributed by atoms with Gasteiger partial charge in [0.25, 0.3) is 0 Å². The summed E-state index contributed by atoms with van der Waals surface area (Å²) < 4.78 is 25.8. The van der Waals surface area contributed by atoms with E-state index in [9.17, 15) is 8.78 Å². The first-order chi connectivity index (χ1) is 6.27. The molecule has 0 spiro atoms. The lowest BCUT2D eigenvalue weighted by Crippen LogP contribution is -2.81. The molecule has 0 aromatic heterocycles. The Morgan fingerprint density at radius 3 is 2.77 bits per heavy atom. The van der Waals surface area contributed by atoms with E-state index in [2.05, 4.69) is 5.32 Å². The Morgan fingerprint density at radius 1 is 1.31 bits per heavy atom. The molecule has 2 N–H and O–H groups in total. The lowest BCUT2D eigenvalue weighted by Gasteiger charge is -2.07. The summed E-state index contributed by atoms with van der Waals surface area (Å²) in [6, 6.07) is 4.03. The highest BCUT2D eigenvalue weighted by atomic mass is 19.1. The van der Waals surface area contributed by atoms with Gasteiger partial charge in [0.15, 0.2) is 0 Å². The highest BCUT2D eigenvalue weighted by Crippen LogP contribution is 2.20. The number of nitrogens with two attached hydrogens (primary N) is 1. The third-order valence-electron chi connectivity index (χ3n) is 2.53. The maximum atomic E-state index is 13.2. The van der Waals surface area contributed by atoms with Crippen LogP contribution in [0.1, 0.15) is 24.4 Å². The summed E-state index contributed by atoms with van der Waals surface area (Å²) in [5.74, 6) is -0.914. The minimum Gasteiger partial charge on any atom is -0.340 e. The summed E-state index contributed by atoms with van der Waals surface area (Å²) in [5, 5.41) is 2.11. The lowest BCUT2D eigenvalue weighted by atomic mass is 10.0. The SMILES string of the molecule is Fc1ccc([C@@H]2CCC[NH2+]2)c(F)c1. The van der Waals surface area contributed by atoms with Gasteiger partial charge in [-0.05, 0) is 12.1 Å². The Labute approximate surface area is 75.8 Å². The van der Waals surface area contributed by atoms with Crippen molar-refractivity contribution in [1.29, 1.82) is 0 Å². The topological polar surface area (TPSA) is 16.6 Å². The first-order valence-electron chi connectivity index (χ1n) is 4.55. The summed E-state index contributed by atoms with van der Waals surface area (Å²) in [6.07, 6.45) is 2.10. The molecule has 3 heteroatoms. The van der Waals surface area contributed by atoms with Crippen LogP contribution in [-0.4, -0.2) is 6.54 Å². The van der Waals surface area contributed by atoms with Gasteiger partial charge in [0, 0.05) is 24.5 Å². The summed E-state index contributed by atoms with van der Waals surface area (Å²) in [6.45, 7) is 1.04. The van der Waals surface area contributed by atoms with E-state index in [0.717, 1.165) is 25.5 Å². The molecule has 1 atom stereocenters. The first kappa shape index (κ1) is 8.63. The number of benzene rings is 1. The summed E-state index contributed by atoms with van der Waals surface area (Å²) in [5.41, 5.74) is 0.638. The van der Waals surface area contributed by atoms with Crippen LogP contribution in [0.5, 0.6) is 0 Å². The van der Waals surface area contributed by atoms with Gasteiger partial charge in [-0.25, -0.2) is 8.78 Å². The zero-order valence-corrected chi connectivity index (χ0v) is 7.26.